The third kappa shape index (κ3) is 3.04. The molecule has 0 aliphatic carbocycles. The molecule has 0 fully saturated rings. The first-order valence-corrected chi connectivity index (χ1v) is 7.77. The molecule has 0 amide bonds. The SMILES string of the molecule is CC(C)(O)CC(O)CSc1n[nH]c2nc3ccccc3n12. The average Bonchev–Trinajstić information content (AvgIpc) is 2.93. The first-order valence-electron chi connectivity index (χ1n) is 6.79. The van der Waals surface area contributed by atoms with Crippen molar-refractivity contribution in [2.45, 2.75) is 37.1 Å². The van der Waals surface area contributed by atoms with E-state index in [1.54, 1.807) is 13.8 Å². The molecule has 112 valence electrons. The van der Waals surface area contributed by atoms with E-state index in [0.29, 0.717) is 18.0 Å². The summed E-state index contributed by atoms with van der Waals surface area (Å²) < 4.78 is 1.94. The zero-order valence-corrected chi connectivity index (χ0v) is 12.8. The zero-order valence-electron chi connectivity index (χ0n) is 11.9. The van der Waals surface area contributed by atoms with Gasteiger partial charge in [0.2, 0.25) is 5.78 Å². The summed E-state index contributed by atoms with van der Waals surface area (Å²) in [6.45, 7) is 3.38. The van der Waals surface area contributed by atoms with E-state index in [2.05, 4.69) is 15.2 Å². The van der Waals surface area contributed by atoms with Gasteiger partial charge in [-0.25, -0.2) is 10.1 Å². The number of rotatable bonds is 5. The van der Waals surface area contributed by atoms with Crippen LogP contribution < -0.4 is 0 Å². The maximum atomic E-state index is 9.98. The van der Waals surface area contributed by atoms with Gasteiger partial charge in [-0.1, -0.05) is 23.9 Å². The van der Waals surface area contributed by atoms with Crippen molar-refractivity contribution in [2.24, 2.45) is 0 Å². The number of aromatic nitrogens is 4. The van der Waals surface area contributed by atoms with Crippen LogP contribution in [0.1, 0.15) is 20.3 Å². The lowest BCUT2D eigenvalue weighted by molar-refractivity contribution is 0.0263. The standard InChI is InChI=1S/C14H18N4O2S/c1-14(2,20)7-9(19)8-21-13-17-16-12-15-10-5-3-4-6-11(10)18(12)13/h3-6,9,19-20H,7-8H2,1-2H3,(H,15,16). The van der Waals surface area contributed by atoms with Crippen molar-refractivity contribution in [1.82, 2.24) is 19.6 Å². The third-order valence-electron chi connectivity index (χ3n) is 3.14. The number of hydrogen-bond donors (Lipinski definition) is 3. The van der Waals surface area contributed by atoms with Crippen LogP contribution >= 0.6 is 11.8 Å². The fourth-order valence-corrected chi connectivity index (χ4v) is 3.23. The lowest BCUT2D eigenvalue weighted by Gasteiger charge is -2.20. The third-order valence-corrected chi connectivity index (χ3v) is 4.23. The molecule has 7 heteroatoms. The van der Waals surface area contributed by atoms with Crippen molar-refractivity contribution in [1.29, 1.82) is 0 Å². The molecule has 0 saturated carbocycles. The van der Waals surface area contributed by atoms with E-state index in [4.69, 9.17) is 0 Å². The fraction of sp³-hybridized carbons (Fsp3) is 0.429. The molecule has 3 rings (SSSR count). The van der Waals surface area contributed by atoms with E-state index in [9.17, 15) is 10.2 Å². The minimum atomic E-state index is -0.872. The number of aliphatic hydroxyl groups excluding tert-OH is 1. The molecule has 2 heterocycles. The zero-order chi connectivity index (χ0) is 15.0. The molecule has 1 atom stereocenters. The molecule has 0 aliphatic rings. The highest BCUT2D eigenvalue weighted by molar-refractivity contribution is 7.99. The molecule has 0 bridgehead atoms. The van der Waals surface area contributed by atoms with Gasteiger partial charge in [-0.3, -0.25) is 4.40 Å². The maximum absolute atomic E-state index is 9.98. The largest absolute Gasteiger partial charge is 0.392 e. The van der Waals surface area contributed by atoms with Crippen LogP contribution in [0.3, 0.4) is 0 Å². The summed E-state index contributed by atoms with van der Waals surface area (Å²) >= 11 is 1.44. The van der Waals surface area contributed by atoms with Gasteiger partial charge < -0.3 is 10.2 Å². The van der Waals surface area contributed by atoms with Crippen LogP contribution in [0.15, 0.2) is 29.4 Å². The molecule has 3 N–H and O–H groups in total. The van der Waals surface area contributed by atoms with Crippen LogP contribution in [0.25, 0.3) is 16.8 Å². The molecule has 6 nitrogen and oxygen atoms in total. The van der Waals surface area contributed by atoms with Crippen LogP contribution in [0.4, 0.5) is 0 Å². The molecular weight excluding hydrogens is 288 g/mol. The van der Waals surface area contributed by atoms with E-state index < -0.39 is 11.7 Å². The summed E-state index contributed by atoms with van der Waals surface area (Å²) in [5.41, 5.74) is 1.02. The van der Waals surface area contributed by atoms with E-state index in [-0.39, 0.29) is 0 Å². The normalized spacial score (nSPS) is 14.1. The number of H-pyrrole nitrogens is 1. The molecular formula is C14H18N4O2S. The van der Waals surface area contributed by atoms with E-state index >= 15 is 0 Å². The number of nitrogens with zero attached hydrogens (tertiary/aromatic N) is 3. The van der Waals surface area contributed by atoms with Gasteiger partial charge in [0.25, 0.3) is 0 Å². The summed E-state index contributed by atoms with van der Waals surface area (Å²) in [5.74, 6) is 1.16. The van der Waals surface area contributed by atoms with Gasteiger partial charge in [-0.15, -0.1) is 5.10 Å². The summed E-state index contributed by atoms with van der Waals surface area (Å²) in [6, 6.07) is 7.85. The smallest absolute Gasteiger partial charge is 0.231 e. The average molecular weight is 306 g/mol. The number of aromatic amines is 1. The number of benzene rings is 1. The first-order chi connectivity index (χ1) is 9.94. The predicted octanol–water partition coefficient (Wildman–Crippen LogP) is 1.82. The van der Waals surface area contributed by atoms with Gasteiger partial charge in [0.15, 0.2) is 5.16 Å². The Hall–Kier alpha value is -1.57. The molecule has 0 saturated heterocycles. The van der Waals surface area contributed by atoms with Gasteiger partial charge in [0.1, 0.15) is 0 Å². The Bertz CT molecular complexity index is 759. The Morgan fingerprint density at radius 2 is 2.14 bits per heavy atom. The van der Waals surface area contributed by atoms with Crippen LogP contribution in [-0.2, 0) is 0 Å². The monoisotopic (exact) mass is 306 g/mol. The Labute approximate surface area is 126 Å². The van der Waals surface area contributed by atoms with Crippen LogP contribution in [0, 0.1) is 0 Å². The van der Waals surface area contributed by atoms with E-state index in [1.165, 1.54) is 11.8 Å². The summed E-state index contributed by atoms with van der Waals surface area (Å²) in [6.07, 6.45) is -0.255. The van der Waals surface area contributed by atoms with E-state index in [1.807, 2.05) is 28.7 Å². The van der Waals surface area contributed by atoms with E-state index in [0.717, 1.165) is 16.2 Å². The van der Waals surface area contributed by atoms with Gasteiger partial charge in [0.05, 0.1) is 22.7 Å². The van der Waals surface area contributed by atoms with Crippen LogP contribution in [0.5, 0.6) is 0 Å². The lowest BCUT2D eigenvalue weighted by Crippen LogP contribution is -2.27. The summed E-state index contributed by atoms with van der Waals surface area (Å²) in [4.78, 5) is 4.45. The molecule has 0 spiro atoms. The number of nitrogens with one attached hydrogen (secondary N) is 1. The number of thioether (sulfide) groups is 1. The van der Waals surface area contributed by atoms with Gasteiger partial charge in [0, 0.05) is 12.2 Å². The topological polar surface area (TPSA) is 86.4 Å². The molecule has 1 unspecified atom stereocenters. The highest BCUT2D eigenvalue weighted by Gasteiger charge is 2.20. The minimum Gasteiger partial charge on any atom is -0.392 e. The minimum absolute atomic E-state index is 0.332. The van der Waals surface area contributed by atoms with Crippen LogP contribution in [-0.4, -0.2) is 47.3 Å². The molecule has 0 aliphatic heterocycles. The lowest BCUT2D eigenvalue weighted by atomic mass is 10.0. The van der Waals surface area contributed by atoms with Crippen molar-refractivity contribution in [3.8, 4) is 0 Å². The molecule has 3 aromatic rings. The second-order valence-corrected chi connectivity index (χ2v) is 6.73. The Morgan fingerprint density at radius 1 is 1.38 bits per heavy atom. The highest BCUT2D eigenvalue weighted by Crippen LogP contribution is 2.24. The second-order valence-electron chi connectivity index (χ2n) is 5.75. The van der Waals surface area contributed by atoms with Crippen LogP contribution in [0.2, 0.25) is 0 Å². The fourth-order valence-electron chi connectivity index (χ4n) is 2.35. The van der Waals surface area contributed by atoms with Crippen molar-refractivity contribution < 1.29 is 10.2 Å². The summed E-state index contributed by atoms with van der Waals surface area (Å²) in [7, 11) is 0. The van der Waals surface area contributed by atoms with Crippen molar-refractivity contribution in [3.63, 3.8) is 0 Å². The number of fused-ring (bicyclic) bond motifs is 3. The maximum Gasteiger partial charge on any atom is 0.231 e. The van der Waals surface area contributed by atoms with Crippen molar-refractivity contribution in [3.05, 3.63) is 24.3 Å². The van der Waals surface area contributed by atoms with Gasteiger partial charge >= 0.3 is 0 Å². The van der Waals surface area contributed by atoms with Gasteiger partial charge in [-0.05, 0) is 26.0 Å². The molecule has 21 heavy (non-hydrogen) atoms. The first kappa shape index (κ1) is 14.4. The predicted molar refractivity (Wildman–Crippen MR) is 82.5 cm³/mol. The molecule has 0 radical (unpaired) electrons. The molecule has 2 aromatic heterocycles. The van der Waals surface area contributed by atoms with Crippen molar-refractivity contribution in [2.75, 3.05) is 5.75 Å². The Kier molecular flexibility index (Phi) is 3.64. The summed E-state index contributed by atoms with van der Waals surface area (Å²) in [5, 5.41) is 27.6. The Morgan fingerprint density at radius 3 is 2.90 bits per heavy atom. The number of imidazole rings is 1. The molecule has 1 aromatic carbocycles. The van der Waals surface area contributed by atoms with Gasteiger partial charge in [-0.2, -0.15) is 0 Å². The Balaban J connectivity index is 1.81. The number of aliphatic hydroxyl groups is 2. The van der Waals surface area contributed by atoms with Crippen molar-refractivity contribution >= 4 is 28.6 Å². The number of hydrogen-bond acceptors (Lipinski definition) is 5. The quantitative estimate of drug-likeness (QED) is 0.626. The highest BCUT2D eigenvalue weighted by atomic mass is 32.2. The second kappa shape index (κ2) is 5.32. The number of para-hydroxylation sites is 2.